The van der Waals surface area contributed by atoms with Crippen molar-refractivity contribution in [2.24, 2.45) is 0 Å². The van der Waals surface area contributed by atoms with E-state index in [4.69, 9.17) is 4.74 Å². The molecule has 0 atom stereocenters. The second-order valence-electron chi connectivity index (χ2n) is 6.23. The SMILES string of the molecule is O=S(=O)(c1ccc2nc(N3CCOCC3)ccc2c1)N1CCCC1. The van der Waals surface area contributed by atoms with Crippen molar-refractivity contribution in [3.63, 3.8) is 0 Å². The second-order valence-corrected chi connectivity index (χ2v) is 8.17. The van der Waals surface area contributed by atoms with Crippen LogP contribution in [0, 0.1) is 0 Å². The molecule has 0 saturated carbocycles. The average Bonchev–Trinajstić information content (AvgIpc) is 3.17. The van der Waals surface area contributed by atoms with Crippen LogP contribution in [0.4, 0.5) is 5.82 Å². The first kappa shape index (κ1) is 15.8. The number of ether oxygens (including phenoxy) is 1. The summed E-state index contributed by atoms with van der Waals surface area (Å²) in [4.78, 5) is 7.23. The van der Waals surface area contributed by atoms with E-state index >= 15 is 0 Å². The highest BCUT2D eigenvalue weighted by atomic mass is 32.2. The molecule has 0 spiro atoms. The van der Waals surface area contributed by atoms with Gasteiger partial charge in [-0.25, -0.2) is 13.4 Å². The maximum absolute atomic E-state index is 12.7. The van der Waals surface area contributed by atoms with E-state index in [9.17, 15) is 8.42 Å². The first-order chi connectivity index (χ1) is 11.6. The van der Waals surface area contributed by atoms with E-state index in [1.54, 1.807) is 16.4 Å². The van der Waals surface area contributed by atoms with Gasteiger partial charge in [-0.05, 0) is 43.2 Å². The van der Waals surface area contributed by atoms with Gasteiger partial charge in [-0.1, -0.05) is 0 Å². The van der Waals surface area contributed by atoms with E-state index in [1.807, 2.05) is 18.2 Å². The number of rotatable bonds is 3. The van der Waals surface area contributed by atoms with E-state index in [-0.39, 0.29) is 0 Å². The standard InChI is InChI=1S/C17H21N3O3S/c21-24(22,20-7-1-2-8-20)15-4-5-16-14(13-15)3-6-17(18-16)19-9-11-23-12-10-19/h3-6,13H,1-2,7-12H2. The molecular weight excluding hydrogens is 326 g/mol. The zero-order valence-electron chi connectivity index (χ0n) is 13.5. The normalized spacial score (nSPS) is 19.9. The second kappa shape index (κ2) is 6.31. The molecule has 4 rings (SSSR count). The van der Waals surface area contributed by atoms with Crippen LogP contribution in [0.25, 0.3) is 10.9 Å². The third-order valence-electron chi connectivity index (χ3n) is 4.68. The molecule has 0 N–H and O–H groups in total. The van der Waals surface area contributed by atoms with Gasteiger partial charge in [0.15, 0.2) is 0 Å². The summed E-state index contributed by atoms with van der Waals surface area (Å²) < 4.78 is 32.3. The minimum Gasteiger partial charge on any atom is -0.378 e. The predicted octanol–water partition coefficient (Wildman–Crippen LogP) is 1.86. The maximum Gasteiger partial charge on any atom is 0.243 e. The zero-order valence-corrected chi connectivity index (χ0v) is 14.3. The molecule has 0 radical (unpaired) electrons. The molecule has 2 fully saturated rings. The number of nitrogens with zero attached hydrogens (tertiary/aromatic N) is 3. The van der Waals surface area contributed by atoms with Crippen LogP contribution in [0.15, 0.2) is 35.2 Å². The number of aromatic nitrogens is 1. The van der Waals surface area contributed by atoms with Gasteiger partial charge in [-0.2, -0.15) is 4.31 Å². The molecule has 1 aromatic carbocycles. The fourth-order valence-electron chi connectivity index (χ4n) is 3.30. The largest absolute Gasteiger partial charge is 0.378 e. The lowest BCUT2D eigenvalue weighted by Gasteiger charge is -2.27. The first-order valence-electron chi connectivity index (χ1n) is 8.38. The lowest BCUT2D eigenvalue weighted by atomic mass is 10.2. The van der Waals surface area contributed by atoms with Crippen LogP contribution < -0.4 is 4.90 Å². The van der Waals surface area contributed by atoms with E-state index in [2.05, 4.69) is 9.88 Å². The van der Waals surface area contributed by atoms with Gasteiger partial charge in [0.25, 0.3) is 0 Å². The Morgan fingerprint density at radius 2 is 1.71 bits per heavy atom. The number of pyridine rings is 1. The molecule has 6 nitrogen and oxygen atoms in total. The molecule has 2 aromatic rings. The molecule has 0 unspecified atom stereocenters. The topological polar surface area (TPSA) is 62.7 Å². The van der Waals surface area contributed by atoms with Gasteiger partial charge >= 0.3 is 0 Å². The van der Waals surface area contributed by atoms with Crippen molar-refractivity contribution in [1.82, 2.24) is 9.29 Å². The molecular formula is C17H21N3O3S. The number of morpholine rings is 1. The van der Waals surface area contributed by atoms with Gasteiger partial charge in [0, 0.05) is 31.6 Å². The Bertz CT molecular complexity index is 841. The number of anilines is 1. The summed E-state index contributed by atoms with van der Waals surface area (Å²) in [6.45, 7) is 4.34. The molecule has 2 saturated heterocycles. The van der Waals surface area contributed by atoms with Crippen molar-refractivity contribution in [3.8, 4) is 0 Å². The molecule has 128 valence electrons. The maximum atomic E-state index is 12.7. The molecule has 2 aliphatic rings. The minimum atomic E-state index is -3.38. The summed E-state index contributed by atoms with van der Waals surface area (Å²) in [7, 11) is -3.38. The first-order valence-corrected chi connectivity index (χ1v) is 9.82. The van der Waals surface area contributed by atoms with Crippen LogP contribution in [0.2, 0.25) is 0 Å². The summed E-state index contributed by atoms with van der Waals surface area (Å²) >= 11 is 0. The third-order valence-corrected chi connectivity index (χ3v) is 6.58. The highest BCUT2D eigenvalue weighted by molar-refractivity contribution is 7.89. The van der Waals surface area contributed by atoms with E-state index in [0.717, 1.165) is 42.7 Å². The molecule has 0 aliphatic carbocycles. The summed E-state index contributed by atoms with van der Waals surface area (Å²) in [5, 5.41) is 0.854. The van der Waals surface area contributed by atoms with Crippen molar-refractivity contribution >= 4 is 26.7 Å². The third kappa shape index (κ3) is 2.87. The van der Waals surface area contributed by atoms with E-state index in [0.29, 0.717) is 31.2 Å². The lowest BCUT2D eigenvalue weighted by molar-refractivity contribution is 0.122. The Labute approximate surface area is 142 Å². The van der Waals surface area contributed by atoms with Gasteiger partial charge in [-0.15, -0.1) is 0 Å². The Morgan fingerprint density at radius 3 is 2.46 bits per heavy atom. The highest BCUT2D eigenvalue weighted by Crippen LogP contribution is 2.25. The molecule has 2 aliphatic heterocycles. The van der Waals surface area contributed by atoms with Gasteiger partial charge in [0.2, 0.25) is 10.0 Å². The highest BCUT2D eigenvalue weighted by Gasteiger charge is 2.27. The van der Waals surface area contributed by atoms with Crippen molar-refractivity contribution in [2.75, 3.05) is 44.3 Å². The fraction of sp³-hybridized carbons (Fsp3) is 0.471. The molecule has 1 aromatic heterocycles. The van der Waals surface area contributed by atoms with Crippen molar-refractivity contribution in [2.45, 2.75) is 17.7 Å². The monoisotopic (exact) mass is 347 g/mol. The van der Waals surface area contributed by atoms with Crippen LogP contribution >= 0.6 is 0 Å². The van der Waals surface area contributed by atoms with E-state index < -0.39 is 10.0 Å². The average molecular weight is 347 g/mol. The predicted molar refractivity (Wildman–Crippen MR) is 92.8 cm³/mol. The summed E-state index contributed by atoms with van der Waals surface area (Å²) in [6, 6.07) is 9.13. The Hall–Kier alpha value is -1.70. The zero-order chi connectivity index (χ0) is 16.6. The smallest absolute Gasteiger partial charge is 0.243 e. The molecule has 7 heteroatoms. The summed E-state index contributed by atoms with van der Waals surface area (Å²) in [5.41, 5.74) is 0.819. The molecule has 0 bridgehead atoms. The molecule has 0 amide bonds. The minimum absolute atomic E-state index is 0.359. The quantitative estimate of drug-likeness (QED) is 0.848. The number of fused-ring (bicyclic) bond motifs is 1. The van der Waals surface area contributed by atoms with Crippen LogP contribution in [0.3, 0.4) is 0 Å². The van der Waals surface area contributed by atoms with Crippen molar-refractivity contribution in [1.29, 1.82) is 0 Å². The van der Waals surface area contributed by atoms with Gasteiger partial charge in [0.1, 0.15) is 5.82 Å². The van der Waals surface area contributed by atoms with Crippen LogP contribution in [-0.4, -0.2) is 57.1 Å². The summed E-state index contributed by atoms with van der Waals surface area (Å²) in [6.07, 6.45) is 1.88. The summed E-state index contributed by atoms with van der Waals surface area (Å²) in [5.74, 6) is 0.918. The van der Waals surface area contributed by atoms with Crippen molar-refractivity contribution < 1.29 is 13.2 Å². The number of hydrogen-bond donors (Lipinski definition) is 0. The number of hydrogen-bond acceptors (Lipinski definition) is 5. The number of sulfonamides is 1. The lowest BCUT2D eigenvalue weighted by Crippen LogP contribution is -2.36. The van der Waals surface area contributed by atoms with Crippen molar-refractivity contribution in [3.05, 3.63) is 30.3 Å². The van der Waals surface area contributed by atoms with Gasteiger partial charge < -0.3 is 9.64 Å². The fourth-order valence-corrected chi connectivity index (χ4v) is 4.85. The van der Waals surface area contributed by atoms with Crippen LogP contribution in [-0.2, 0) is 14.8 Å². The van der Waals surface area contributed by atoms with E-state index in [1.165, 1.54) is 0 Å². The molecule has 3 heterocycles. The van der Waals surface area contributed by atoms with Gasteiger partial charge in [-0.3, -0.25) is 0 Å². The molecule has 24 heavy (non-hydrogen) atoms. The Balaban J connectivity index is 1.66. The Morgan fingerprint density at radius 1 is 0.958 bits per heavy atom. The van der Waals surface area contributed by atoms with Crippen LogP contribution in [0.5, 0.6) is 0 Å². The number of benzene rings is 1. The van der Waals surface area contributed by atoms with Gasteiger partial charge in [0.05, 0.1) is 23.6 Å². The van der Waals surface area contributed by atoms with Crippen LogP contribution in [0.1, 0.15) is 12.8 Å². The Kier molecular flexibility index (Phi) is 4.15.